The fraction of sp³-hybridized carbons (Fsp3) is 0.458. The monoisotopic (exact) mass is 426 g/mol. The van der Waals surface area contributed by atoms with Gasteiger partial charge in [0.05, 0.1) is 20.8 Å². The van der Waals surface area contributed by atoms with Crippen molar-refractivity contribution in [3.05, 3.63) is 59.7 Å². The van der Waals surface area contributed by atoms with Gasteiger partial charge in [0.15, 0.2) is 5.96 Å². The zero-order chi connectivity index (χ0) is 22.1. The van der Waals surface area contributed by atoms with E-state index in [1.165, 1.54) is 5.56 Å². The van der Waals surface area contributed by atoms with Crippen LogP contribution in [-0.4, -0.2) is 74.4 Å². The van der Waals surface area contributed by atoms with Crippen molar-refractivity contribution >= 4 is 5.96 Å². The van der Waals surface area contributed by atoms with E-state index in [1.54, 1.807) is 26.4 Å². The van der Waals surface area contributed by atoms with Gasteiger partial charge in [-0.15, -0.1) is 0 Å². The lowest BCUT2D eigenvalue weighted by Gasteiger charge is -2.36. The predicted molar refractivity (Wildman–Crippen MR) is 124 cm³/mol. The molecule has 0 amide bonds. The highest BCUT2D eigenvalue weighted by atomic mass is 16.5. The molecule has 2 aromatic rings. The highest BCUT2D eigenvalue weighted by Crippen LogP contribution is 2.29. The molecule has 0 aromatic heterocycles. The Labute approximate surface area is 185 Å². The van der Waals surface area contributed by atoms with Gasteiger partial charge >= 0.3 is 0 Å². The van der Waals surface area contributed by atoms with E-state index >= 15 is 0 Å². The SMILES string of the molecule is CCNC(=NCC(O)c1cc(OC)ccc1OC)N1CCN(Cc2ccccc2)CC1. The van der Waals surface area contributed by atoms with Gasteiger partial charge in [-0.05, 0) is 30.7 Å². The minimum atomic E-state index is -0.780. The molecular formula is C24H34N4O3. The number of piperazine rings is 1. The molecular weight excluding hydrogens is 392 g/mol. The normalized spacial score (nSPS) is 16.1. The summed E-state index contributed by atoms with van der Waals surface area (Å²) < 4.78 is 10.7. The maximum atomic E-state index is 10.8. The minimum Gasteiger partial charge on any atom is -0.497 e. The van der Waals surface area contributed by atoms with Crippen LogP contribution in [0.5, 0.6) is 11.5 Å². The summed E-state index contributed by atoms with van der Waals surface area (Å²) in [5.74, 6) is 2.14. The van der Waals surface area contributed by atoms with Gasteiger partial charge in [-0.1, -0.05) is 30.3 Å². The Balaban J connectivity index is 1.61. The lowest BCUT2D eigenvalue weighted by molar-refractivity contribution is 0.168. The summed E-state index contributed by atoms with van der Waals surface area (Å²) in [4.78, 5) is 9.45. The van der Waals surface area contributed by atoms with Crippen molar-refractivity contribution in [3.8, 4) is 11.5 Å². The van der Waals surface area contributed by atoms with Gasteiger partial charge in [0, 0.05) is 44.8 Å². The molecule has 0 bridgehead atoms. The van der Waals surface area contributed by atoms with Crippen LogP contribution < -0.4 is 14.8 Å². The fourth-order valence-electron chi connectivity index (χ4n) is 3.76. The van der Waals surface area contributed by atoms with E-state index in [4.69, 9.17) is 14.5 Å². The van der Waals surface area contributed by atoms with Crippen LogP contribution >= 0.6 is 0 Å². The number of ether oxygens (including phenoxy) is 2. The first-order valence-corrected chi connectivity index (χ1v) is 10.8. The average Bonchev–Trinajstić information content (AvgIpc) is 2.82. The second-order valence-electron chi connectivity index (χ2n) is 7.57. The molecule has 3 rings (SSSR count). The Morgan fingerprint density at radius 2 is 1.81 bits per heavy atom. The molecule has 2 aromatic carbocycles. The Hall–Kier alpha value is -2.77. The number of nitrogens with one attached hydrogen (secondary N) is 1. The number of nitrogens with zero attached hydrogens (tertiary/aromatic N) is 3. The topological polar surface area (TPSA) is 69.6 Å². The van der Waals surface area contributed by atoms with Crippen LogP contribution in [0.2, 0.25) is 0 Å². The summed E-state index contributed by atoms with van der Waals surface area (Å²) in [6, 6.07) is 16.0. The van der Waals surface area contributed by atoms with Gasteiger partial charge < -0.3 is 24.8 Å². The van der Waals surface area contributed by atoms with Crippen LogP contribution in [0.25, 0.3) is 0 Å². The van der Waals surface area contributed by atoms with E-state index < -0.39 is 6.10 Å². The van der Waals surface area contributed by atoms with Gasteiger partial charge in [0.25, 0.3) is 0 Å². The van der Waals surface area contributed by atoms with E-state index in [2.05, 4.69) is 52.4 Å². The predicted octanol–water partition coefficient (Wildman–Crippen LogP) is 2.52. The zero-order valence-corrected chi connectivity index (χ0v) is 18.8. The summed E-state index contributed by atoms with van der Waals surface area (Å²) >= 11 is 0. The number of aliphatic hydroxyl groups is 1. The van der Waals surface area contributed by atoms with Gasteiger partial charge in [0.1, 0.15) is 17.6 Å². The highest BCUT2D eigenvalue weighted by molar-refractivity contribution is 5.80. The molecule has 0 spiro atoms. The van der Waals surface area contributed by atoms with Crippen LogP contribution in [0.3, 0.4) is 0 Å². The third-order valence-corrected chi connectivity index (χ3v) is 5.47. The molecule has 1 heterocycles. The molecule has 1 aliphatic heterocycles. The van der Waals surface area contributed by atoms with Crippen molar-refractivity contribution in [3.63, 3.8) is 0 Å². The molecule has 7 nitrogen and oxygen atoms in total. The van der Waals surface area contributed by atoms with Crippen LogP contribution in [0.15, 0.2) is 53.5 Å². The minimum absolute atomic E-state index is 0.246. The Kier molecular flexibility index (Phi) is 8.55. The molecule has 0 saturated carbocycles. The number of aliphatic hydroxyl groups excluding tert-OH is 1. The molecule has 2 N–H and O–H groups in total. The first-order chi connectivity index (χ1) is 15.1. The summed E-state index contributed by atoms with van der Waals surface area (Å²) in [6.07, 6.45) is -0.780. The molecule has 1 atom stereocenters. The van der Waals surface area contributed by atoms with Crippen LogP contribution in [-0.2, 0) is 6.54 Å². The average molecular weight is 427 g/mol. The van der Waals surface area contributed by atoms with Gasteiger partial charge in [-0.3, -0.25) is 9.89 Å². The second-order valence-corrected chi connectivity index (χ2v) is 7.57. The number of rotatable bonds is 8. The van der Waals surface area contributed by atoms with Crippen molar-refractivity contribution in [2.75, 3.05) is 53.5 Å². The molecule has 1 fully saturated rings. The lowest BCUT2D eigenvalue weighted by atomic mass is 10.1. The lowest BCUT2D eigenvalue weighted by Crippen LogP contribution is -2.52. The van der Waals surface area contributed by atoms with Crippen LogP contribution in [0, 0.1) is 0 Å². The fourth-order valence-corrected chi connectivity index (χ4v) is 3.76. The van der Waals surface area contributed by atoms with E-state index in [1.807, 2.05) is 6.07 Å². The van der Waals surface area contributed by atoms with E-state index in [0.717, 1.165) is 45.2 Å². The number of methoxy groups -OCH3 is 2. The van der Waals surface area contributed by atoms with Crippen molar-refractivity contribution < 1.29 is 14.6 Å². The Morgan fingerprint density at radius 1 is 1.06 bits per heavy atom. The molecule has 168 valence electrons. The van der Waals surface area contributed by atoms with Crippen LogP contribution in [0.1, 0.15) is 24.2 Å². The zero-order valence-electron chi connectivity index (χ0n) is 18.8. The molecule has 0 aliphatic carbocycles. The number of benzene rings is 2. The molecule has 1 saturated heterocycles. The maximum absolute atomic E-state index is 10.8. The number of guanidine groups is 1. The summed E-state index contributed by atoms with van der Waals surface area (Å²) in [7, 11) is 3.21. The van der Waals surface area contributed by atoms with Gasteiger partial charge in [-0.25, -0.2) is 0 Å². The molecule has 31 heavy (non-hydrogen) atoms. The van der Waals surface area contributed by atoms with Crippen LogP contribution in [0.4, 0.5) is 0 Å². The van der Waals surface area contributed by atoms with E-state index in [9.17, 15) is 5.11 Å². The summed E-state index contributed by atoms with van der Waals surface area (Å²) in [6.45, 7) is 7.81. The molecule has 0 radical (unpaired) electrons. The first kappa shape index (κ1) is 22.9. The van der Waals surface area contributed by atoms with Crippen molar-refractivity contribution in [1.29, 1.82) is 0 Å². The van der Waals surface area contributed by atoms with Gasteiger partial charge in [0.2, 0.25) is 0 Å². The van der Waals surface area contributed by atoms with Crippen molar-refractivity contribution in [2.45, 2.75) is 19.6 Å². The molecule has 1 aliphatic rings. The Morgan fingerprint density at radius 3 is 2.45 bits per heavy atom. The van der Waals surface area contributed by atoms with Crippen molar-refractivity contribution in [1.82, 2.24) is 15.1 Å². The number of hydrogen-bond donors (Lipinski definition) is 2. The van der Waals surface area contributed by atoms with Gasteiger partial charge in [-0.2, -0.15) is 0 Å². The standard InChI is InChI=1S/C24H34N4O3/c1-4-25-24(26-17-22(29)21-16-20(30-2)10-11-23(21)31-3)28-14-12-27(13-15-28)18-19-8-6-5-7-9-19/h5-11,16,22,29H,4,12-15,17-18H2,1-3H3,(H,25,26). The number of aliphatic imine (C=N–C) groups is 1. The third-order valence-electron chi connectivity index (χ3n) is 5.47. The second kappa shape index (κ2) is 11.6. The quantitative estimate of drug-likeness (QED) is 0.499. The molecule has 1 unspecified atom stereocenters. The maximum Gasteiger partial charge on any atom is 0.194 e. The summed E-state index contributed by atoms with van der Waals surface area (Å²) in [5, 5.41) is 14.1. The number of hydrogen-bond acceptors (Lipinski definition) is 5. The largest absolute Gasteiger partial charge is 0.497 e. The van der Waals surface area contributed by atoms with E-state index in [-0.39, 0.29) is 6.54 Å². The van der Waals surface area contributed by atoms with E-state index in [0.29, 0.717) is 17.1 Å². The molecule has 7 heteroatoms. The smallest absolute Gasteiger partial charge is 0.194 e. The Bertz CT molecular complexity index is 836. The highest BCUT2D eigenvalue weighted by Gasteiger charge is 2.21. The van der Waals surface area contributed by atoms with Crippen molar-refractivity contribution in [2.24, 2.45) is 4.99 Å². The third kappa shape index (κ3) is 6.35. The first-order valence-electron chi connectivity index (χ1n) is 10.8. The summed E-state index contributed by atoms with van der Waals surface area (Å²) in [5.41, 5.74) is 2.01.